The summed E-state index contributed by atoms with van der Waals surface area (Å²) in [6.45, 7) is 4.87. The second-order valence-electron chi connectivity index (χ2n) is 25.3. The summed E-state index contributed by atoms with van der Waals surface area (Å²) in [6.07, 6.45) is 53.0. The molecule has 3 N–H and O–H groups in total. The molecular formula is C70H136O17P2. The first-order chi connectivity index (χ1) is 43.2. The predicted octanol–water partition coefficient (Wildman–Crippen LogP) is 20.3. The molecule has 89 heavy (non-hydrogen) atoms. The van der Waals surface area contributed by atoms with Crippen molar-refractivity contribution in [3.05, 3.63) is 0 Å². The molecule has 19 heteroatoms. The SMILES string of the molecule is CCCCCCCCCCCCCCCCCC(=O)OC[C@H](COP(=O)(O)OC[C@@H](O)COP(=O)(O)OC[C@@H](COC(=O)CCCCCCC)OC(=O)CCCCCCCCCCCCCCCC)OC(=O)CCCCCCCCCCCCCCCCC. The van der Waals surface area contributed by atoms with Gasteiger partial charge in [-0.1, -0.05) is 317 Å². The van der Waals surface area contributed by atoms with Gasteiger partial charge in [0, 0.05) is 25.7 Å². The number of unbranched alkanes of at least 4 members (excludes halogenated alkanes) is 45. The van der Waals surface area contributed by atoms with Gasteiger partial charge < -0.3 is 33.8 Å². The van der Waals surface area contributed by atoms with Gasteiger partial charge in [-0.2, -0.15) is 0 Å². The van der Waals surface area contributed by atoms with Gasteiger partial charge >= 0.3 is 39.5 Å². The molecule has 0 aromatic carbocycles. The van der Waals surface area contributed by atoms with Gasteiger partial charge in [0.05, 0.1) is 26.4 Å². The van der Waals surface area contributed by atoms with Crippen LogP contribution in [0.4, 0.5) is 0 Å². The average Bonchev–Trinajstić information content (AvgIpc) is 3.72. The zero-order valence-corrected chi connectivity index (χ0v) is 59.2. The number of esters is 4. The van der Waals surface area contributed by atoms with Crippen LogP contribution in [-0.2, 0) is 65.4 Å². The first kappa shape index (κ1) is 87.1. The number of carbonyl (C=O) groups excluding carboxylic acids is 4. The van der Waals surface area contributed by atoms with Gasteiger partial charge in [0.1, 0.15) is 19.3 Å². The number of hydrogen-bond acceptors (Lipinski definition) is 15. The van der Waals surface area contributed by atoms with E-state index >= 15 is 0 Å². The lowest BCUT2D eigenvalue weighted by atomic mass is 10.0. The van der Waals surface area contributed by atoms with Crippen molar-refractivity contribution in [1.82, 2.24) is 0 Å². The van der Waals surface area contributed by atoms with E-state index in [4.69, 9.17) is 37.0 Å². The molecule has 528 valence electrons. The molecule has 0 fully saturated rings. The van der Waals surface area contributed by atoms with Crippen molar-refractivity contribution in [2.45, 2.75) is 386 Å². The van der Waals surface area contributed by atoms with E-state index < -0.39 is 97.5 Å². The van der Waals surface area contributed by atoms with Gasteiger partial charge in [0.15, 0.2) is 12.2 Å². The predicted molar refractivity (Wildman–Crippen MR) is 359 cm³/mol. The van der Waals surface area contributed by atoms with Crippen LogP contribution >= 0.6 is 15.6 Å². The Morgan fingerprint density at radius 3 is 0.663 bits per heavy atom. The summed E-state index contributed by atoms with van der Waals surface area (Å²) in [5.41, 5.74) is 0. The minimum absolute atomic E-state index is 0.107. The zero-order valence-electron chi connectivity index (χ0n) is 57.4. The topological polar surface area (TPSA) is 237 Å². The van der Waals surface area contributed by atoms with Gasteiger partial charge in [0.2, 0.25) is 0 Å². The van der Waals surface area contributed by atoms with Crippen LogP contribution in [-0.4, -0.2) is 96.7 Å². The van der Waals surface area contributed by atoms with Gasteiger partial charge in [-0.05, 0) is 25.7 Å². The van der Waals surface area contributed by atoms with Crippen molar-refractivity contribution >= 4 is 39.5 Å². The molecule has 0 heterocycles. The number of phosphoric acid groups is 2. The van der Waals surface area contributed by atoms with Crippen molar-refractivity contribution in [3.8, 4) is 0 Å². The summed E-state index contributed by atoms with van der Waals surface area (Å²) < 4.78 is 68.1. The minimum atomic E-state index is -4.95. The average molecular weight is 1310 g/mol. The molecule has 0 spiro atoms. The summed E-state index contributed by atoms with van der Waals surface area (Å²) in [7, 11) is -9.89. The summed E-state index contributed by atoms with van der Waals surface area (Å²) in [5.74, 6) is -2.13. The lowest BCUT2D eigenvalue weighted by molar-refractivity contribution is -0.161. The number of carbonyl (C=O) groups is 4. The Balaban J connectivity index is 5.15. The number of phosphoric ester groups is 2. The van der Waals surface area contributed by atoms with Crippen LogP contribution in [0.3, 0.4) is 0 Å². The molecule has 0 radical (unpaired) electrons. The Labute approximate surface area is 543 Å². The second kappa shape index (κ2) is 64.8. The van der Waals surface area contributed by atoms with E-state index in [0.29, 0.717) is 25.7 Å². The first-order valence-electron chi connectivity index (χ1n) is 36.8. The van der Waals surface area contributed by atoms with Crippen LogP contribution in [0.2, 0.25) is 0 Å². The third kappa shape index (κ3) is 64.6. The highest BCUT2D eigenvalue weighted by molar-refractivity contribution is 7.47. The summed E-state index contributed by atoms with van der Waals surface area (Å²) >= 11 is 0. The van der Waals surface area contributed by atoms with Crippen molar-refractivity contribution in [2.75, 3.05) is 39.6 Å². The largest absolute Gasteiger partial charge is 0.472 e. The molecule has 0 aliphatic heterocycles. The maximum Gasteiger partial charge on any atom is 0.472 e. The number of rotatable bonds is 71. The van der Waals surface area contributed by atoms with Crippen molar-refractivity contribution in [2.24, 2.45) is 0 Å². The maximum absolute atomic E-state index is 13.0. The summed E-state index contributed by atoms with van der Waals surface area (Å²) in [5, 5.41) is 10.6. The molecule has 0 aliphatic carbocycles. The fraction of sp³-hybridized carbons (Fsp3) is 0.943. The summed E-state index contributed by atoms with van der Waals surface area (Å²) in [6, 6.07) is 0. The van der Waals surface area contributed by atoms with Crippen LogP contribution in [0.15, 0.2) is 0 Å². The Kier molecular flexibility index (Phi) is 63.3. The Morgan fingerprint density at radius 1 is 0.270 bits per heavy atom. The van der Waals surface area contributed by atoms with Crippen LogP contribution in [0.5, 0.6) is 0 Å². The molecule has 0 saturated heterocycles. The van der Waals surface area contributed by atoms with Crippen LogP contribution in [0.25, 0.3) is 0 Å². The van der Waals surface area contributed by atoms with Crippen LogP contribution < -0.4 is 0 Å². The van der Waals surface area contributed by atoms with Gasteiger partial charge in [0.25, 0.3) is 0 Å². The Morgan fingerprint density at radius 2 is 0.449 bits per heavy atom. The van der Waals surface area contributed by atoms with Crippen molar-refractivity contribution in [1.29, 1.82) is 0 Å². The highest BCUT2D eigenvalue weighted by Gasteiger charge is 2.30. The lowest BCUT2D eigenvalue weighted by Crippen LogP contribution is -2.30. The van der Waals surface area contributed by atoms with Gasteiger partial charge in [-0.3, -0.25) is 37.3 Å². The molecule has 5 atom stereocenters. The fourth-order valence-corrected chi connectivity index (χ4v) is 12.3. The molecule has 2 unspecified atom stereocenters. The highest BCUT2D eigenvalue weighted by Crippen LogP contribution is 2.45. The number of hydrogen-bond donors (Lipinski definition) is 3. The second-order valence-corrected chi connectivity index (χ2v) is 28.2. The number of aliphatic hydroxyl groups is 1. The van der Waals surface area contributed by atoms with E-state index in [-0.39, 0.29) is 25.7 Å². The summed E-state index contributed by atoms with van der Waals surface area (Å²) in [4.78, 5) is 72.3. The standard InChI is InChI=1S/C70H136O17P2/c1-5-9-13-17-20-23-26-29-32-35-37-40-43-47-51-55-68(73)81-61-66(87-70(75)57-53-49-45-42-39-36-33-30-27-24-21-18-14-10-6-2)63-85-89(78,79)83-59-64(71)58-82-88(76,77)84-62-65(60-80-67(72)54-50-46-16-12-8-4)86-69(74)56-52-48-44-41-38-34-31-28-25-22-19-15-11-7-3/h64-66,71H,5-63H2,1-4H3,(H,76,77)(H,78,79)/t64-,65+,66+/m0/s1. The minimum Gasteiger partial charge on any atom is -0.462 e. The van der Waals surface area contributed by atoms with Crippen molar-refractivity contribution < 1.29 is 80.2 Å². The molecule has 0 saturated carbocycles. The monoisotopic (exact) mass is 1310 g/mol. The molecule has 0 bridgehead atoms. The van der Waals surface area contributed by atoms with E-state index in [1.54, 1.807) is 0 Å². The third-order valence-electron chi connectivity index (χ3n) is 16.4. The third-order valence-corrected chi connectivity index (χ3v) is 18.3. The molecule has 0 rings (SSSR count). The Hall–Kier alpha value is -1.94. The van der Waals surface area contributed by atoms with Crippen LogP contribution in [0, 0.1) is 0 Å². The van der Waals surface area contributed by atoms with Crippen molar-refractivity contribution in [3.63, 3.8) is 0 Å². The van der Waals surface area contributed by atoms with Gasteiger partial charge in [-0.25, -0.2) is 9.13 Å². The first-order valence-corrected chi connectivity index (χ1v) is 39.8. The normalized spacial score (nSPS) is 14.0. The molecule has 0 aliphatic rings. The molecule has 0 aromatic rings. The fourth-order valence-electron chi connectivity index (χ4n) is 10.7. The highest BCUT2D eigenvalue weighted by atomic mass is 31.2. The van der Waals surface area contributed by atoms with Crippen LogP contribution in [0.1, 0.15) is 368 Å². The van der Waals surface area contributed by atoms with E-state index in [1.165, 1.54) is 193 Å². The molecule has 0 amide bonds. The molecule has 0 aromatic heterocycles. The van der Waals surface area contributed by atoms with E-state index in [0.717, 1.165) is 96.3 Å². The van der Waals surface area contributed by atoms with E-state index in [9.17, 15) is 43.2 Å². The Bertz CT molecular complexity index is 1710. The quantitative estimate of drug-likeness (QED) is 0.0222. The number of ether oxygens (including phenoxy) is 4. The molecule has 17 nitrogen and oxygen atoms in total. The smallest absolute Gasteiger partial charge is 0.462 e. The lowest BCUT2D eigenvalue weighted by Gasteiger charge is -2.21. The number of aliphatic hydroxyl groups excluding tert-OH is 1. The zero-order chi connectivity index (χ0) is 65.4. The van der Waals surface area contributed by atoms with E-state index in [2.05, 4.69) is 27.7 Å². The van der Waals surface area contributed by atoms with Gasteiger partial charge in [-0.15, -0.1) is 0 Å². The maximum atomic E-state index is 13.0. The van der Waals surface area contributed by atoms with E-state index in [1.807, 2.05) is 0 Å². The molecular weight excluding hydrogens is 1170 g/mol.